The van der Waals surface area contributed by atoms with Crippen molar-refractivity contribution in [3.05, 3.63) is 35.5 Å². The van der Waals surface area contributed by atoms with Gasteiger partial charge >= 0.3 is 0 Å². The number of hydrogen-bond acceptors (Lipinski definition) is 4. The highest BCUT2D eigenvalue weighted by molar-refractivity contribution is 6.33. The van der Waals surface area contributed by atoms with Gasteiger partial charge < -0.3 is 0 Å². The van der Waals surface area contributed by atoms with Crippen molar-refractivity contribution < 1.29 is 0 Å². The molecule has 0 aliphatic heterocycles. The molecule has 3 rings (SSSR count). The Morgan fingerprint density at radius 1 is 1.15 bits per heavy atom. The Morgan fingerprint density at radius 2 is 1.90 bits per heavy atom. The third-order valence-corrected chi connectivity index (χ3v) is 3.15. The van der Waals surface area contributed by atoms with Gasteiger partial charge in [0.2, 0.25) is 0 Å². The highest BCUT2D eigenvalue weighted by Crippen LogP contribution is 2.23. The Bertz CT molecular complexity index is 736. The van der Waals surface area contributed by atoms with Gasteiger partial charge in [-0.05, 0) is 5.92 Å². The van der Waals surface area contributed by atoms with Crippen LogP contribution in [0.5, 0.6) is 0 Å². The smallest absolute Gasteiger partial charge is 0.183 e. The van der Waals surface area contributed by atoms with E-state index >= 15 is 0 Å². The first-order valence-corrected chi connectivity index (χ1v) is 6.85. The van der Waals surface area contributed by atoms with Crippen LogP contribution in [-0.2, 0) is 6.54 Å². The van der Waals surface area contributed by atoms with Crippen LogP contribution in [-0.4, -0.2) is 25.0 Å². The van der Waals surface area contributed by atoms with Gasteiger partial charge in [0.15, 0.2) is 22.1 Å². The molecule has 6 heteroatoms. The quantitative estimate of drug-likeness (QED) is 0.694. The molecule has 0 N–H and O–H groups in total. The molecule has 0 saturated heterocycles. The SMILES string of the molecule is CC(C)Cn1nnc2c(Cl)nc(-c3ccccc3)nc21. The highest BCUT2D eigenvalue weighted by Gasteiger charge is 2.14. The minimum Gasteiger partial charge on any atom is -0.227 e. The first-order valence-electron chi connectivity index (χ1n) is 6.47. The molecule has 2 aromatic heterocycles. The second-order valence-electron chi connectivity index (χ2n) is 5.04. The van der Waals surface area contributed by atoms with Crippen molar-refractivity contribution in [3.8, 4) is 11.4 Å². The molecule has 0 fully saturated rings. The number of aromatic nitrogens is 5. The molecular formula is C14H14ClN5. The van der Waals surface area contributed by atoms with Crippen molar-refractivity contribution in [2.45, 2.75) is 20.4 Å². The van der Waals surface area contributed by atoms with E-state index in [4.69, 9.17) is 11.6 Å². The Hall–Kier alpha value is -2.01. The summed E-state index contributed by atoms with van der Waals surface area (Å²) in [6.45, 7) is 4.99. The van der Waals surface area contributed by atoms with Gasteiger partial charge in [0.25, 0.3) is 0 Å². The van der Waals surface area contributed by atoms with E-state index in [1.54, 1.807) is 4.68 Å². The lowest BCUT2D eigenvalue weighted by Gasteiger charge is -2.06. The molecular weight excluding hydrogens is 274 g/mol. The van der Waals surface area contributed by atoms with E-state index in [-0.39, 0.29) is 0 Å². The number of halogens is 1. The molecule has 1 aromatic carbocycles. The minimum atomic E-state index is 0.337. The first kappa shape index (κ1) is 13.0. The van der Waals surface area contributed by atoms with Crippen LogP contribution >= 0.6 is 11.6 Å². The van der Waals surface area contributed by atoms with Gasteiger partial charge in [-0.1, -0.05) is 61.0 Å². The van der Waals surface area contributed by atoms with Crippen molar-refractivity contribution in [3.63, 3.8) is 0 Å². The molecule has 0 bridgehead atoms. The summed E-state index contributed by atoms with van der Waals surface area (Å²) < 4.78 is 1.78. The lowest BCUT2D eigenvalue weighted by molar-refractivity contribution is 0.480. The molecule has 0 radical (unpaired) electrons. The van der Waals surface area contributed by atoms with Gasteiger partial charge in [0, 0.05) is 12.1 Å². The lowest BCUT2D eigenvalue weighted by Crippen LogP contribution is -2.07. The number of nitrogens with zero attached hydrogens (tertiary/aromatic N) is 5. The summed E-state index contributed by atoms with van der Waals surface area (Å²) in [4.78, 5) is 8.86. The Balaban J connectivity index is 2.16. The fourth-order valence-electron chi connectivity index (χ4n) is 2.01. The monoisotopic (exact) mass is 287 g/mol. The minimum absolute atomic E-state index is 0.337. The number of fused-ring (bicyclic) bond motifs is 1. The van der Waals surface area contributed by atoms with Gasteiger partial charge in [-0.3, -0.25) is 0 Å². The van der Waals surface area contributed by atoms with Gasteiger partial charge in [0.05, 0.1) is 0 Å². The van der Waals surface area contributed by atoms with E-state index in [2.05, 4.69) is 34.1 Å². The van der Waals surface area contributed by atoms with Crippen molar-refractivity contribution >= 4 is 22.8 Å². The molecule has 0 spiro atoms. The van der Waals surface area contributed by atoms with Gasteiger partial charge in [-0.2, -0.15) is 0 Å². The summed E-state index contributed by atoms with van der Waals surface area (Å²) in [6, 6.07) is 9.75. The standard InChI is InChI=1S/C14H14ClN5/c1-9(2)8-20-14-11(18-19-20)12(15)16-13(17-14)10-6-4-3-5-7-10/h3-7,9H,8H2,1-2H3. The fourth-order valence-corrected chi connectivity index (χ4v) is 2.21. The third kappa shape index (κ3) is 2.36. The van der Waals surface area contributed by atoms with Crippen molar-refractivity contribution in [2.24, 2.45) is 5.92 Å². The van der Waals surface area contributed by atoms with Crippen LogP contribution in [0.1, 0.15) is 13.8 Å². The van der Waals surface area contributed by atoms with Gasteiger partial charge in [-0.25, -0.2) is 14.6 Å². The average Bonchev–Trinajstić information content (AvgIpc) is 2.83. The predicted octanol–water partition coefficient (Wildman–Crippen LogP) is 3.20. The maximum absolute atomic E-state index is 6.20. The van der Waals surface area contributed by atoms with E-state index < -0.39 is 0 Å². The van der Waals surface area contributed by atoms with Crippen LogP contribution in [0.25, 0.3) is 22.6 Å². The second kappa shape index (κ2) is 5.17. The van der Waals surface area contributed by atoms with E-state index in [1.807, 2.05) is 30.3 Å². The van der Waals surface area contributed by atoms with Crippen LogP contribution in [0, 0.1) is 5.92 Å². The largest absolute Gasteiger partial charge is 0.227 e. The third-order valence-electron chi connectivity index (χ3n) is 2.89. The first-order chi connectivity index (χ1) is 9.65. The average molecular weight is 288 g/mol. The normalized spacial score (nSPS) is 11.4. The fraction of sp³-hybridized carbons (Fsp3) is 0.286. The molecule has 3 aromatic rings. The molecule has 0 atom stereocenters. The zero-order valence-electron chi connectivity index (χ0n) is 11.3. The molecule has 0 aliphatic rings. The van der Waals surface area contributed by atoms with E-state index in [1.165, 1.54) is 0 Å². The molecule has 0 amide bonds. The molecule has 102 valence electrons. The van der Waals surface area contributed by atoms with Crippen molar-refractivity contribution in [2.75, 3.05) is 0 Å². The molecule has 0 unspecified atom stereocenters. The molecule has 20 heavy (non-hydrogen) atoms. The number of benzene rings is 1. The molecule has 0 saturated carbocycles. The number of rotatable bonds is 3. The maximum atomic E-state index is 6.20. The Kier molecular flexibility index (Phi) is 3.36. The van der Waals surface area contributed by atoms with Crippen LogP contribution in [0.4, 0.5) is 0 Å². The molecule has 2 heterocycles. The van der Waals surface area contributed by atoms with Crippen LogP contribution in [0.15, 0.2) is 30.3 Å². The summed E-state index contributed by atoms with van der Waals surface area (Å²) in [5.41, 5.74) is 2.15. The van der Waals surface area contributed by atoms with Crippen LogP contribution in [0.3, 0.4) is 0 Å². The summed E-state index contributed by atoms with van der Waals surface area (Å²) in [5.74, 6) is 1.05. The predicted molar refractivity (Wildman–Crippen MR) is 78.4 cm³/mol. The summed E-state index contributed by atoms with van der Waals surface area (Å²) in [6.07, 6.45) is 0. The molecule has 0 aliphatic carbocycles. The topological polar surface area (TPSA) is 56.5 Å². The Labute approximate surface area is 121 Å². The van der Waals surface area contributed by atoms with Gasteiger partial charge in [-0.15, -0.1) is 5.10 Å². The van der Waals surface area contributed by atoms with Crippen LogP contribution < -0.4 is 0 Å². The van der Waals surface area contributed by atoms with E-state index in [0.717, 1.165) is 12.1 Å². The number of hydrogen-bond donors (Lipinski definition) is 0. The molecule has 5 nitrogen and oxygen atoms in total. The zero-order valence-corrected chi connectivity index (χ0v) is 12.0. The van der Waals surface area contributed by atoms with E-state index in [9.17, 15) is 0 Å². The van der Waals surface area contributed by atoms with E-state index in [0.29, 0.717) is 28.1 Å². The van der Waals surface area contributed by atoms with Crippen molar-refractivity contribution in [1.29, 1.82) is 0 Å². The summed E-state index contributed by atoms with van der Waals surface area (Å²) >= 11 is 6.20. The summed E-state index contributed by atoms with van der Waals surface area (Å²) in [5, 5.41) is 8.51. The maximum Gasteiger partial charge on any atom is 0.183 e. The second-order valence-corrected chi connectivity index (χ2v) is 5.40. The van der Waals surface area contributed by atoms with Crippen molar-refractivity contribution in [1.82, 2.24) is 25.0 Å². The van der Waals surface area contributed by atoms with Gasteiger partial charge in [0.1, 0.15) is 0 Å². The van der Waals surface area contributed by atoms with Crippen LogP contribution in [0.2, 0.25) is 5.15 Å². The zero-order chi connectivity index (χ0) is 14.1. The Morgan fingerprint density at radius 3 is 2.60 bits per heavy atom. The lowest BCUT2D eigenvalue weighted by atomic mass is 10.2. The summed E-state index contributed by atoms with van der Waals surface area (Å²) in [7, 11) is 0. The highest BCUT2D eigenvalue weighted by atomic mass is 35.5.